The van der Waals surface area contributed by atoms with Gasteiger partial charge in [0.2, 0.25) is 0 Å². The summed E-state index contributed by atoms with van der Waals surface area (Å²) in [6.07, 6.45) is 10.2. The first-order chi connectivity index (χ1) is 10.2. The van der Waals surface area contributed by atoms with E-state index < -0.39 is 0 Å². The molecule has 1 aromatic carbocycles. The molecule has 1 N–H and O–H groups in total. The number of hydrogen-bond acceptors (Lipinski definition) is 2. The molecule has 2 fully saturated rings. The fourth-order valence-corrected chi connectivity index (χ4v) is 4.11. The molecule has 3 heteroatoms. The minimum Gasteiger partial charge on any atom is -0.490 e. The van der Waals surface area contributed by atoms with Crippen LogP contribution in [-0.2, 0) is 6.42 Å². The molecule has 4 rings (SSSR count). The van der Waals surface area contributed by atoms with Crippen molar-refractivity contribution in [2.75, 3.05) is 6.54 Å². The normalized spacial score (nSPS) is 26.6. The summed E-state index contributed by atoms with van der Waals surface area (Å²) in [5, 5.41) is 3.73. The average Bonchev–Trinajstić information content (AvgIpc) is 3.05. The van der Waals surface area contributed by atoms with E-state index in [-0.39, 0.29) is 11.9 Å². The van der Waals surface area contributed by atoms with Crippen molar-refractivity contribution < 1.29 is 9.13 Å². The maximum atomic E-state index is 13.3. The summed E-state index contributed by atoms with van der Waals surface area (Å²) in [4.78, 5) is 0. The molecule has 2 nitrogen and oxygen atoms in total. The molecule has 0 saturated heterocycles. The van der Waals surface area contributed by atoms with Crippen molar-refractivity contribution in [2.24, 2.45) is 5.41 Å². The molecule has 114 valence electrons. The first-order valence-corrected chi connectivity index (χ1v) is 8.41. The maximum absolute atomic E-state index is 13.3. The second-order valence-electron chi connectivity index (χ2n) is 7.26. The van der Waals surface area contributed by atoms with Gasteiger partial charge in [0.25, 0.3) is 0 Å². The highest BCUT2D eigenvalue weighted by Crippen LogP contribution is 2.44. The molecule has 2 aliphatic carbocycles. The van der Waals surface area contributed by atoms with E-state index in [1.165, 1.54) is 44.6 Å². The van der Waals surface area contributed by atoms with Crippen LogP contribution in [0.25, 0.3) is 0 Å². The van der Waals surface area contributed by atoms with Crippen molar-refractivity contribution >= 4 is 0 Å². The van der Waals surface area contributed by atoms with Crippen LogP contribution in [0.4, 0.5) is 4.39 Å². The van der Waals surface area contributed by atoms with Crippen LogP contribution >= 0.6 is 0 Å². The molecule has 0 radical (unpaired) electrons. The Hall–Kier alpha value is -1.09. The Morgan fingerprint density at radius 1 is 1.24 bits per heavy atom. The zero-order valence-corrected chi connectivity index (χ0v) is 12.5. The molecule has 21 heavy (non-hydrogen) atoms. The zero-order valence-electron chi connectivity index (χ0n) is 12.5. The van der Waals surface area contributed by atoms with Crippen LogP contribution in [0.2, 0.25) is 0 Å². The van der Waals surface area contributed by atoms with E-state index in [9.17, 15) is 4.39 Å². The number of hydrogen-bond donors (Lipinski definition) is 1. The van der Waals surface area contributed by atoms with Crippen LogP contribution < -0.4 is 10.1 Å². The molecule has 1 aliphatic heterocycles. The lowest BCUT2D eigenvalue weighted by molar-refractivity contribution is 0.134. The van der Waals surface area contributed by atoms with Gasteiger partial charge in [-0.1, -0.05) is 12.8 Å². The predicted octanol–water partition coefficient (Wildman–Crippen LogP) is 3.83. The van der Waals surface area contributed by atoms with Crippen molar-refractivity contribution in [3.63, 3.8) is 0 Å². The van der Waals surface area contributed by atoms with Crippen LogP contribution in [0, 0.1) is 11.2 Å². The molecule has 1 heterocycles. The molecule has 0 bridgehead atoms. The monoisotopic (exact) mass is 289 g/mol. The lowest BCUT2D eigenvalue weighted by Gasteiger charge is -2.32. The van der Waals surface area contributed by atoms with Crippen LogP contribution in [0.5, 0.6) is 5.75 Å². The van der Waals surface area contributed by atoms with Gasteiger partial charge >= 0.3 is 0 Å². The molecule has 3 aliphatic rings. The summed E-state index contributed by atoms with van der Waals surface area (Å²) in [5.74, 6) is 0.744. The van der Waals surface area contributed by atoms with Crippen molar-refractivity contribution in [3.05, 3.63) is 29.6 Å². The van der Waals surface area contributed by atoms with Crippen LogP contribution in [0.3, 0.4) is 0 Å². The van der Waals surface area contributed by atoms with Gasteiger partial charge in [-0.3, -0.25) is 0 Å². The number of fused-ring (bicyclic) bond motifs is 1. The Balaban J connectivity index is 1.42. The van der Waals surface area contributed by atoms with E-state index in [4.69, 9.17) is 4.74 Å². The highest BCUT2D eigenvalue weighted by Gasteiger charge is 2.39. The Morgan fingerprint density at radius 2 is 2.05 bits per heavy atom. The number of ether oxygens (including phenoxy) is 1. The lowest BCUT2D eigenvalue weighted by atomic mass is 9.79. The van der Waals surface area contributed by atoms with Gasteiger partial charge in [-0.05, 0) is 55.7 Å². The molecule has 0 aromatic heterocycles. The molecule has 1 atom stereocenters. The molecular formula is C18H24FNO. The molecule has 1 aromatic rings. The highest BCUT2D eigenvalue weighted by atomic mass is 19.1. The third-order valence-electron chi connectivity index (χ3n) is 5.43. The van der Waals surface area contributed by atoms with Crippen molar-refractivity contribution in [3.8, 4) is 5.75 Å². The fraction of sp³-hybridized carbons (Fsp3) is 0.667. The van der Waals surface area contributed by atoms with Gasteiger partial charge in [-0.15, -0.1) is 0 Å². The highest BCUT2D eigenvalue weighted by molar-refractivity contribution is 5.37. The second-order valence-corrected chi connectivity index (χ2v) is 7.26. The van der Waals surface area contributed by atoms with Gasteiger partial charge in [0.05, 0.1) is 0 Å². The van der Waals surface area contributed by atoms with Gasteiger partial charge in [-0.25, -0.2) is 4.39 Å². The molecular weight excluding hydrogens is 265 g/mol. The maximum Gasteiger partial charge on any atom is 0.123 e. The Kier molecular flexibility index (Phi) is 3.41. The smallest absolute Gasteiger partial charge is 0.123 e. The second kappa shape index (κ2) is 5.28. The first kappa shape index (κ1) is 13.6. The van der Waals surface area contributed by atoms with E-state index in [1.807, 2.05) is 0 Å². The first-order valence-electron chi connectivity index (χ1n) is 8.41. The fourth-order valence-electron chi connectivity index (χ4n) is 4.11. The van der Waals surface area contributed by atoms with Crippen LogP contribution in [0.15, 0.2) is 18.2 Å². The number of halogens is 1. The summed E-state index contributed by atoms with van der Waals surface area (Å²) < 4.78 is 19.4. The van der Waals surface area contributed by atoms with Gasteiger partial charge in [0.15, 0.2) is 0 Å². The topological polar surface area (TPSA) is 21.3 Å². The largest absolute Gasteiger partial charge is 0.490 e. The summed E-state index contributed by atoms with van der Waals surface area (Å²) >= 11 is 0. The molecule has 2 saturated carbocycles. The molecule has 1 unspecified atom stereocenters. The van der Waals surface area contributed by atoms with Crippen molar-refractivity contribution in [1.29, 1.82) is 0 Å². The van der Waals surface area contributed by atoms with E-state index in [0.29, 0.717) is 5.41 Å². The van der Waals surface area contributed by atoms with Gasteiger partial charge in [0.1, 0.15) is 17.7 Å². The number of nitrogens with one attached hydrogen (secondary N) is 1. The van der Waals surface area contributed by atoms with Crippen LogP contribution in [0.1, 0.15) is 50.5 Å². The summed E-state index contributed by atoms with van der Waals surface area (Å²) in [5.41, 5.74) is 1.46. The van der Waals surface area contributed by atoms with Crippen molar-refractivity contribution in [2.45, 2.75) is 63.5 Å². The Labute approximate surface area is 126 Å². The lowest BCUT2D eigenvalue weighted by Crippen LogP contribution is -2.37. The quantitative estimate of drug-likeness (QED) is 0.889. The number of rotatable bonds is 5. The summed E-state index contributed by atoms with van der Waals surface area (Å²) in [6, 6.07) is 5.70. The average molecular weight is 289 g/mol. The van der Waals surface area contributed by atoms with Gasteiger partial charge < -0.3 is 10.1 Å². The van der Waals surface area contributed by atoms with E-state index >= 15 is 0 Å². The Morgan fingerprint density at radius 3 is 2.81 bits per heavy atom. The van der Waals surface area contributed by atoms with Gasteiger partial charge in [-0.2, -0.15) is 0 Å². The number of benzene rings is 1. The third-order valence-corrected chi connectivity index (χ3v) is 5.43. The minimum absolute atomic E-state index is 0.149. The minimum atomic E-state index is -0.149. The van der Waals surface area contributed by atoms with Gasteiger partial charge in [0, 0.05) is 24.6 Å². The third kappa shape index (κ3) is 2.94. The molecule has 0 spiro atoms. The summed E-state index contributed by atoms with van der Waals surface area (Å²) in [6.45, 7) is 1.14. The van der Waals surface area contributed by atoms with Crippen molar-refractivity contribution in [1.82, 2.24) is 5.32 Å². The SMILES string of the molecule is Fc1ccc2c(c1)CC(CC1(CNC3CC3)CCCC1)O2. The standard InChI is InChI=1S/C18H24FNO/c19-14-3-6-17-13(9-14)10-16(21-17)11-18(7-1-2-8-18)12-20-15-4-5-15/h3,6,9,15-16,20H,1-2,4-5,7-8,10-12H2. The Bertz CT molecular complexity index is 520. The van der Waals surface area contributed by atoms with Crippen LogP contribution in [-0.4, -0.2) is 18.7 Å². The molecule has 0 amide bonds. The summed E-state index contributed by atoms with van der Waals surface area (Å²) in [7, 11) is 0. The predicted molar refractivity (Wildman–Crippen MR) is 81.1 cm³/mol. The van der Waals surface area contributed by atoms with E-state index in [1.54, 1.807) is 12.1 Å². The van der Waals surface area contributed by atoms with E-state index in [0.717, 1.165) is 36.7 Å². The zero-order chi connectivity index (χ0) is 14.3. The van der Waals surface area contributed by atoms with E-state index in [2.05, 4.69) is 5.32 Å².